The van der Waals surface area contributed by atoms with E-state index < -0.39 is 0 Å². The zero-order chi connectivity index (χ0) is 13.9. The Morgan fingerprint density at radius 1 is 1.25 bits per heavy atom. The minimum absolute atomic E-state index is 0.574. The predicted molar refractivity (Wildman–Crippen MR) is 80.7 cm³/mol. The van der Waals surface area contributed by atoms with E-state index in [-0.39, 0.29) is 0 Å². The van der Waals surface area contributed by atoms with E-state index in [2.05, 4.69) is 12.2 Å². The third kappa shape index (κ3) is 3.21. The highest BCUT2D eigenvalue weighted by Gasteiger charge is 2.20. The fourth-order valence-electron chi connectivity index (χ4n) is 3.15. The molecule has 0 aromatic heterocycles. The van der Waals surface area contributed by atoms with Crippen LogP contribution in [0.1, 0.15) is 38.2 Å². The predicted octanol–water partition coefficient (Wildman–Crippen LogP) is 3.78. The molecule has 1 aromatic rings. The molecule has 0 radical (unpaired) electrons. The fraction of sp³-hybridized carbons (Fsp3) is 0.625. The lowest BCUT2D eigenvalue weighted by Gasteiger charge is -2.28. The van der Waals surface area contributed by atoms with Crippen LogP contribution in [0.2, 0.25) is 5.02 Å². The van der Waals surface area contributed by atoms with Gasteiger partial charge in [-0.15, -0.1) is 0 Å². The molecular weight excluding hydrogens is 274 g/mol. The molecule has 0 bridgehead atoms. The topological polar surface area (TPSA) is 30.5 Å². The fourth-order valence-corrected chi connectivity index (χ4v) is 3.44. The van der Waals surface area contributed by atoms with Crippen molar-refractivity contribution in [1.82, 2.24) is 5.32 Å². The van der Waals surface area contributed by atoms with Crippen molar-refractivity contribution in [2.75, 3.05) is 13.2 Å². The summed E-state index contributed by atoms with van der Waals surface area (Å²) in [5.41, 5.74) is 1.16. The van der Waals surface area contributed by atoms with Gasteiger partial charge in [0, 0.05) is 12.6 Å². The van der Waals surface area contributed by atoms with Gasteiger partial charge < -0.3 is 14.8 Å². The number of fused-ring (bicyclic) bond motifs is 1. The second-order valence-electron chi connectivity index (χ2n) is 5.95. The Bertz CT molecular complexity index is 478. The average Bonchev–Trinajstić information content (AvgIpc) is 2.45. The number of hydrogen-bond donors (Lipinski definition) is 1. The van der Waals surface area contributed by atoms with Crippen LogP contribution in [0.25, 0.3) is 0 Å². The highest BCUT2D eigenvalue weighted by atomic mass is 35.5. The monoisotopic (exact) mass is 295 g/mol. The molecular formula is C16H22ClNO2. The lowest BCUT2D eigenvalue weighted by atomic mass is 9.87. The summed E-state index contributed by atoms with van der Waals surface area (Å²) in [6, 6.07) is 4.65. The quantitative estimate of drug-likeness (QED) is 0.920. The van der Waals surface area contributed by atoms with Gasteiger partial charge in [-0.1, -0.05) is 31.4 Å². The summed E-state index contributed by atoms with van der Waals surface area (Å²) in [5, 5.41) is 4.30. The highest BCUT2D eigenvalue weighted by Crippen LogP contribution is 2.38. The number of halogens is 1. The van der Waals surface area contributed by atoms with Gasteiger partial charge in [0.1, 0.15) is 13.2 Å². The molecule has 1 N–H and O–H groups in total. The van der Waals surface area contributed by atoms with E-state index in [0.29, 0.717) is 30.0 Å². The molecule has 3 rings (SSSR count). The Hall–Kier alpha value is -0.930. The Balaban J connectivity index is 1.64. The maximum Gasteiger partial charge on any atom is 0.179 e. The number of hydrogen-bond acceptors (Lipinski definition) is 3. The van der Waals surface area contributed by atoms with E-state index in [4.69, 9.17) is 21.1 Å². The first-order chi connectivity index (χ1) is 9.72. The number of nitrogens with one attached hydrogen (secondary N) is 1. The smallest absolute Gasteiger partial charge is 0.179 e. The summed E-state index contributed by atoms with van der Waals surface area (Å²) < 4.78 is 11.2. The van der Waals surface area contributed by atoms with Gasteiger partial charge in [-0.2, -0.15) is 0 Å². The molecule has 2 atom stereocenters. The SMILES string of the molecule is CC1CCCC(NCc2cc(Cl)c3c(c2)OCCO3)C1. The van der Waals surface area contributed by atoms with Crippen molar-refractivity contribution in [2.24, 2.45) is 5.92 Å². The lowest BCUT2D eigenvalue weighted by Crippen LogP contribution is -2.33. The maximum absolute atomic E-state index is 6.26. The first-order valence-electron chi connectivity index (χ1n) is 7.54. The van der Waals surface area contributed by atoms with Crippen LogP contribution < -0.4 is 14.8 Å². The normalized spacial score (nSPS) is 25.5. The minimum atomic E-state index is 0.574. The first-order valence-corrected chi connectivity index (χ1v) is 7.91. The van der Waals surface area contributed by atoms with Crippen molar-refractivity contribution < 1.29 is 9.47 Å². The van der Waals surface area contributed by atoms with Crippen molar-refractivity contribution in [3.8, 4) is 11.5 Å². The summed E-state index contributed by atoms with van der Waals surface area (Å²) in [6.45, 7) is 4.35. The zero-order valence-electron chi connectivity index (χ0n) is 12.0. The average molecular weight is 296 g/mol. The molecule has 20 heavy (non-hydrogen) atoms. The third-order valence-electron chi connectivity index (χ3n) is 4.19. The first kappa shape index (κ1) is 14.0. The van der Waals surface area contributed by atoms with Crippen molar-refractivity contribution in [3.05, 3.63) is 22.7 Å². The molecule has 3 nitrogen and oxygen atoms in total. The van der Waals surface area contributed by atoms with Crippen molar-refractivity contribution in [3.63, 3.8) is 0 Å². The van der Waals surface area contributed by atoms with Crippen molar-refractivity contribution in [2.45, 2.75) is 45.2 Å². The van der Waals surface area contributed by atoms with E-state index in [9.17, 15) is 0 Å². The zero-order valence-corrected chi connectivity index (χ0v) is 12.7. The molecule has 1 aromatic carbocycles. The van der Waals surface area contributed by atoms with Gasteiger partial charge in [-0.3, -0.25) is 0 Å². The van der Waals surface area contributed by atoms with Gasteiger partial charge in [-0.25, -0.2) is 0 Å². The van der Waals surface area contributed by atoms with Gasteiger partial charge in [0.2, 0.25) is 0 Å². The van der Waals surface area contributed by atoms with Crippen LogP contribution in [0, 0.1) is 5.92 Å². The van der Waals surface area contributed by atoms with E-state index >= 15 is 0 Å². The van der Waals surface area contributed by atoms with Gasteiger partial charge in [0.25, 0.3) is 0 Å². The van der Waals surface area contributed by atoms with Gasteiger partial charge in [0.15, 0.2) is 11.5 Å². The molecule has 1 aliphatic heterocycles. The van der Waals surface area contributed by atoms with Crippen LogP contribution in [-0.4, -0.2) is 19.3 Å². The van der Waals surface area contributed by atoms with Gasteiger partial charge in [0.05, 0.1) is 5.02 Å². The van der Waals surface area contributed by atoms with Crippen LogP contribution in [0.4, 0.5) is 0 Å². The molecule has 2 aliphatic rings. The Morgan fingerprint density at radius 3 is 2.95 bits per heavy atom. The maximum atomic E-state index is 6.26. The minimum Gasteiger partial charge on any atom is -0.486 e. The second-order valence-corrected chi connectivity index (χ2v) is 6.36. The van der Waals surface area contributed by atoms with Crippen LogP contribution >= 0.6 is 11.6 Å². The van der Waals surface area contributed by atoms with Gasteiger partial charge >= 0.3 is 0 Å². The lowest BCUT2D eigenvalue weighted by molar-refractivity contribution is 0.171. The molecule has 1 saturated carbocycles. The summed E-state index contributed by atoms with van der Waals surface area (Å²) in [7, 11) is 0. The number of rotatable bonds is 3. The van der Waals surface area contributed by atoms with Gasteiger partial charge in [-0.05, 0) is 36.5 Å². The largest absolute Gasteiger partial charge is 0.486 e. The van der Waals surface area contributed by atoms with Crippen molar-refractivity contribution in [1.29, 1.82) is 0 Å². The molecule has 0 saturated heterocycles. The molecule has 0 spiro atoms. The summed E-state index contributed by atoms with van der Waals surface area (Å²) in [6.07, 6.45) is 5.26. The second kappa shape index (κ2) is 6.23. The number of ether oxygens (including phenoxy) is 2. The van der Waals surface area contributed by atoms with E-state index in [1.165, 1.54) is 25.7 Å². The summed E-state index contributed by atoms with van der Waals surface area (Å²) in [4.78, 5) is 0. The van der Waals surface area contributed by atoms with Crippen molar-refractivity contribution >= 4 is 11.6 Å². The number of benzene rings is 1. The summed E-state index contributed by atoms with van der Waals surface area (Å²) in [5.74, 6) is 2.30. The van der Waals surface area contributed by atoms with Crippen LogP contribution in [0.15, 0.2) is 12.1 Å². The Kier molecular flexibility index (Phi) is 4.37. The van der Waals surface area contributed by atoms with Crippen LogP contribution in [-0.2, 0) is 6.54 Å². The molecule has 4 heteroatoms. The van der Waals surface area contributed by atoms with E-state index in [1.54, 1.807) is 0 Å². The van der Waals surface area contributed by atoms with Crippen LogP contribution in [0.5, 0.6) is 11.5 Å². The molecule has 2 unspecified atom stereocenters. The van der Waals surface area contributed by atoms with E-state index in [1.807, 2.05) is 12.1 Å². The van der Waals surface area contributed by atoms with E-state index in [0.717, 1.165) is 23.8 Å². The Labute approximate surface area is 125 Å². The van der Waals surface area contributed by atoms with Crippen LogP contribution in [0.3, 0.4) is 0 Å². The standard InChI is InChI=1S/C16H22ClNO2/c1-11-3-2-4-13(7-11)18-10-12-8-14(17)16-15(9-12)19-5-6-20-16/h8-9,11,13,18H,2-7,10H2,1H3. The molecule has 1 aliphatic carbocycles. The summed E-state index contributed by atoms with van der Waals surface area (Å²) >= 11 is 6.26. The molecule has 110 valence electrons. The third-order valence-corrected chi connectivity index (χ3v) is 4.47. The molecule has 1 heterocycles. The molecule has 1 fully saturated rings. The molecule has 0 amide bonds. The highest BCUT2D eigenvalue weighted by molar-refractivity contribution is 6.32. The Morgan fingerprint density at radius 2 is 2.10 bits per heavy atom.